The zero-order chi connectivity index (χ0) is 27.7. The van der Waals surface area contributed by atoms with Crippen LogP contribution in [0.25, 0.3) is 0 Å². The first-order valence-electron chi connectivity index (χ1n) is 11.7. The van der Waals surface area contributed by atoms with Crippen molar-refractivity contribution in [3.05, 3.63) is 0 Å². The van der Waals surface area contributed by atoms with Gasteiger partial charge in [-0.25, -0.2) is 4.79 Å². The number of primary amides is 1. The Morgan fingerprint density at radius 2 is 1.17 bits per heavy atom. The number of hydrogen-bond donors (Lipinski definition) is 9. The van der Waals surface area contributed by atoms with Crippen molar-refractivity contribution in [2.45, 2.75) is 82.0 Å². The summed E-state index contributed by atoms with van der Waals surface area (Å²) < 4.78 is 0. The monoisotopic (exact) mass is 517 g/mol. The Bertz CT molecular complexity index is 765. The molecule has 0 radical (unpaired) electrons. The highest BCUT2D eigenvalue weighted by Crippen LogP contribution is 2.06. The number of carboxylic acids is 2. The standard InChI is InChI=1S/C21H39N7O8/c22-9-3-1-5-12(24)18(32)26-13(7-8-16(25)29)19(33)28-15(11-17(30)31)20(34)27-14(21(35)36)6-2-4-10-23/h12-15H,1-11,22-24H2,(H2,25,29)(H,26,32)(H,27,34)(H,28,33)(H,30,31)(H,35,36). The summed E-state index contributed by atoms with van der Waals surface area (Å²) in [7, 11) is 0. The fourth-order valence-corrected chi connectivity index (χ4v) is 3.15. The Morgan fingerprint density at radius 1 is 0.667 bits per heavy atom. The van der Waals surface area contributed by atoms with Crippen LogP contribution in [0.3, 0.4) is 0 Å². The lowest BCUT2D eigenvalue weighted by Gasteiger charge is -2.24. The van der Waals surface area contributed by atoms with Gasteiger partial charge in [-0.3, -0.25) is 24.0 Å². The van der Waals surface area contributed by atoms with E-state index in [-0.39, 0.29) is 25.7 Å². The zero-order valence-electron chi connectivity index (χ0n) is 20.2. The maximum Gasteiger partial charge on any atom is 0.326 e. The molecule has 15 heteroatoms. The van der Waals surface area contributed by atoms with Crippen LogP contribution in [0.2, 0.25) is 0 Å². The van der Waals surface area contributed by atoms with E-state index in [1.54, 1.807) is 0 Å². The van der Waals surface area contributed by atoms with Crippen LogP contribution in [0.5, 0.6) is 0 Å². The van der Waals surface area contributed by atoms with Gasteiger partial charge in [0.15, 0.2) is 0 Å². The van der Waals surface area contributed by atoms with Crippen LogP contribution < -0.4 is 38.9 Å². The first-order valence-corrected chi connectivity index (χ1v) is 11.7. The van der Waals surface area contributed by atoms with Gasteiger partial charge in [-0.05, 0) is 51.6 Å². The summed E-state index contributed by atoms with van der Waals surface area (Å²) in [5.41, 5.74) is 21.8. The number of rotatable bonds is 20. The third kappa shape index (κ3) is 14.2. The Balaban J connectivity index is 5.48. The summed E-state index contributed by atoms with van der Waals surface area (Å²) in [6.07, 6.45) is 1.08. The van der Waals surface area contributed by atoms with Gasteiger partial charge < -0.3 is 49.1 Å². The predicted molar refractivity (Wildman–Crippen MR) is 128 cm³/mol. The maximum atomic E-state index is 12.9. The average molecular weight is 518 g/mol. The molecule has 15 nitrogen and oxygen atoms in total. The van der Waals surface area contributed by atoms with Gasteiger partial charge in [0.2, 0.25) is 23.6 Å². The number of aliphatic carboxylic acids is 2. The number of carbonyl (C=O) groups excluding carboxylic acids is 4. The van der Waals surface area contributed by atoms with Crippen LogP contribution >= 0.6 is 0 Å². The summed E-state index contributed by atoms with van der Waals surface area (Å²) in [5.74, 6) is -6.22. The largest absolute Gasteiger partial charge is 0.481 e. The zero-order valence-corrected chi connectivity index (χ0v) is 20.2. The summed E-state index contributed by atoms with van der Waals surface area (Å²) in [6.45, 7) is 0.744. The Hall–Kier alpha value is -3.30. The van der Waals surface area contributed by atoms with Crippen molar-refractivity contribution in [2.24, 2.45) is 22.9 Å². The van der Waals surface area contributed by atoms with Crippen LogP contribution in [0, 0.1) is 0 Å². The van der Waals surface area contributed by atoms with Gasteiger partial charge in [0, 0.05) is 6.42 Å². The lowest BCUT2D eigenvalue weighted by Crippen LogP contribution is -2.57. The molecule has 0 heterocycles. The van der Waals surface area contributed by atoms with Crippen molar-refractivity contribution >= 4 is 35.6 Å². The molecule has 0 aliphatic heterocycles. The molecule has 4 amide bonds. The molecule has 4 unspecified atom stereocenters. The SMILES string of the molecule is NCCCCC(N)C(=O)NC(CCC(N)=O)C(=O)NC(CC(=O)O)C(=O)NC(CCCCN)C(=O)O. The molecule has 0 fully saturated rings. The minimum absolute atomic E-state index is 0.0470. The number of carbonyl (C=O) groups is 6. The number of nitrogens with two attached hydrogens (primary N) is 4. The van der Waals surface area contributed by atoms with E-state index < -0.39 is 66.2 Å². The Labute approximate surface area is 209 Å². The molecule has 0 aromatic rings. The first-order chi connectivity index (χ1) is 16.9. The van der Waals surface area contributed by atoms with Gasteiger partial charge in [0.05, 0.1) is 12.5 Å². The number of unbranched alkanes of at least 4 members (excludes halogenated alkanes) is 2. The molecule has 206 valence electrons. The Kier molecular flexibility index (Phi) is 16.4. The van der Waals surface area contributed by atoms with Gasteiger partial charge in [-0.15, -0.1) is 0 Å². The highest BCUT2D eigenvalue weighted by atomic mass is 16.4. The molecule has 0 rings (SSSR count). The van der Waals surface area contributed by atoms with E-state index in [2.05, 4.69) is 16.0 Å². The normalized spacial score (nSPS) is 14.1. The molecule has 0 aliphatic carbocycles. The quantitative estimate of drug-likeness (QED) is 0.0726. The molecule has 0 aromatic heterocycles. The minimum atomic E-state index is -1.66. The molecule has 0 saturated carbocycles. The second-order valence-electron chi connectivity index (χ2n) is 8.30. The summed E-state index contributed by atoms with van der Waals surface area (Å²) in [4.78, 5) is 71.9. The second kappa shape index (κ2) is 18.0. The van der Waals surface area contributed by atoms with Gasteiger partial charge in [0.1, 0.15) is 18.1 Å². The smallest absolute Gasteiger partial charge is 0.326 e. The summed E-state index contributed by atoms with van der Waals surface area (Å²) in [5, 5.41) is 25.3. The van der Waals surface area contributed by atoms with Crippen molar-refractivity contribution in [1.29, 1.82) is 0 Å². The fourth-order valence-electron chi connectivity index (χ4n) is 3.15. The van der Waals surface area contributed by atoms with Crippen molar-refractivity contribution in [3.63, 3.8) is 0 Å². The van der Waals surface area contributed by atoms with Crippen LogP contribution in [0.4, 0.5) is 0 Å². The van der Waals surface area contributed by atoms with Crippen molar-refractivity contribution in [1.82, 2.24) is 16.0 Å². The van der Waals surface area contributed by atoms with Crippen molar-refractivity contribution in [3.8, 4) is 0 Å². The Morgan fingerprint density at radius 3 is 1.67 bits per heavy atom. The molecule has 0 saturated heterocycles. The van der Waals surface area contributed by atoms with Crippen molar-refractivity contribution < 1.29 is 39.0 Å². The van der Waals surface area contributed by atoms with E-state index >= 15 is 0 Å². The fraction of sp³-hybridized carbons (Fsp3) is 0.714. The van der Waals surface area contributed by atoms with E-state index in [0.717, 1.165) is 0 Å². The molecule has 13 N–H and O–H groups in total. The van der Waals surface area contributed by atoms with Gasteiger partial charge in [-0.2, -0.15) is 0 Å². The molecule has 0 aliphatic rings. The lowest BCUT2D eigenvalue weighted by atomic mass is 10.1. The lowest BCUT2D eigenvalue weighted by molar-refractivity contribution is -0.143. The highest BCUT2D eigenvalue weighted by Gasteiger charge is 2.31. The molecule has 36 heavy (non-hydrogen) atoms. The third-order valence-electron chi connectivity index (χ3n) is 5.19. The van der Waals surface area contributed by atoms with Crippen LogP contribution in [0.15, 0.2) is 0 Å². The van der Waals surface area contributed by atoms with E-state index in [4.69, 9.17) is 22.9 Å². The van der Waals surface area contributed by atoms with E-state index in [9.17, 15) is 39.0 Å². The van der Waals surface area contributed by atoms with Crippen LogP contribution in [-0.2, 0) is 28.8 Å². The number of nitrogens with one attached hydrogen (secondary N) is 3. The first kappa shape index (κ1) is 32.7. The van der Waals surface area contributed by atoms with Gasteiger partial charge in [0.25, 0.3) is 0 Å². The van der Waals surface area contributed by atoms with Gasteiger partial charge >= 0.3 is 11.9 Å². The number of carboxylic acid groups (broad SMARTS) is 2. The molecule has 0 bridgehead atoms. The molecule has 4 atom stereocenters. The van der Waals surface area contributed by atoms with Crippen LogP contribution in [0.1, 0.15) is 57.8 Å². The second-order valence-corrected chi connectivity index (χ2v) is 8.30. The summed E-state index contributed by atoms with van der Waals surface area (Å²) >= 11 is 0. The number of hydrogen-bond acceptors (Lipinski definition) is 9. The maximum absolute atomic E-state index is 12.9. The van der Waals surface area contributed by atoms with Crippen LogP contribution in [-0.4, -0.2) is 83.0 Å². The van der Waals surface area contributed by atoms with E-state index in [1.807, 2.05) is 0 Å². The number of amides is 4. The average Bonchev–Trinajstić information content (AvgIpc) is 2.79. The molecular formula is C21H39N7O8. The molecule has 0 spiro atoms. The summed E-state index contributed by atoms with van der Waals surface area (Å²) in [6, 6.07) is -5.30. The molecular weight excluding hydrogens is 478 g/mol. The van der Waals surface area contributed by atoms with E-state index in [0.29, 0.717) is 38.8 Å². The van der Waals surface area contributed by atoms with Crippen molar-refractivity contribution in [2.75, 3.05) is 13.1 Å². The van der Waals surface area contributed by atoms with E-state index in [1.165, 1.54) is 0 Å². The predicted octanol–water partition coefficient (Wildman–Crippen LogP) is -3.15. The third-order valence-corrected chi connectivity index (χ3v) is 5.19. The highest BCUT2D eigenvalue weighted by molar-refractivity contribution is 5.95. The molecule has 0 aromatic carbocycles. The minimum Gasteiger partial charge on any atom is -0.481 e. The topological polar surface area (TPSA) is 283 Å². The van der Waals surface area contributed by atoms with Gasteiger partial charge in [-0.1, -0.05) is 6.42 Å².